The van der Waals surface area contributed by atoms with Crippen molar-refractivity contribution in [2.24, 2.45) is 11.3 Å². The summed E-state index contributed by atoms with van der Waals surface area (Å²) in [4.78, 5) is 27.0. The molecule has 0 bridgehead atoms. The van der Waals surface area contributed by atoms with E-state index >= 15 is 0 Å². The van der Waals surface area contributed by atoms with E-state index in [-0.39, 0.29) is 24.7 Å². The molecule has 1 saturated heterocycles. The Morgan fingerprint density at radius 2 is 1.96 bits per heavy atom. The highest BCUT2D eigenvalue weighted by Crippen LogP contribution is 2.36. The number of nitrogens with zero attached hydrogens (tertiary/aromatic N) is 2. The van der Waals surface area contributed by atoms with Gasteiger partial charge in [-0.05, 0) is 44.1 Å². The number of likely N-dealkylation sites (N-methyl/N-ethyl adjacent to an activating group) is 1. The van der Waals surface area contributed by atoms with Crippen molar-refractivity contribution in [1.82, 2.24) is 15.1 Å². The van der Waals surface area contributed by atoms with Crippen LogP contribution in [0.5, 0.6) is 0 Å². The molecule has 3 atom stereocenters. The molecule has 0 radical (unpaired) electrons. The van der Waals surface area contributed by atoms with Crippen LogP contribution in [0.1, 0.15) is 52.9 Å². The highest BCUT2D eigenvalue weighted by atomic mass is 16.5. The van der Waals surface area contributed by atoms with Crippen LogP contribution < -0.4 is 5.32 Å². The van der Waals surface area contributed by atoms with Crippen LogP contribution in [0.3, 0.4) is 0 Å². The minimum absolute atomic E-state index is 0.0107. The van der Waals surface area contributed by atoms with Gasteiger partial charge in [0.1, 0.15) is 0 Å². The second-order valence-corrected chi connectivity index (χ2v) is 9.25. The number of ether oxygens (including phenoxy) is 1. The Balaban J connectivity index is 1.80. The maximum atomic E-state index is 12.7. The molecule has 2 fully saturated rings. The number of morpholine rings is 1. The highest BCUT2D eigenvalue weighted by Gasteiger charge is 2.30. The molecule has 2 N–H and O–H groups in total. The monoisotopic (exact) mass is 383 g/mol. The first-order chi connectivity index (χ1) is 12.6. The van der Waals surface area contributed by atoms with E-state index in [0.29, 0.717) is 31.7 Å². The van der Waals surface area contributed by atoms with Gasteiger partial charge in [0.2, 0.25) is 0 Å². The van der Waals surface area contributed by atoms with Crippen molar-refractivity contribution in [2.75, 3.05) is 39.8 Å². The van der Waals surface area contributed by atoms with Crippen LogP contribution >= 0.6 is 0 Å². The number of nitrogens with one attached hydrogen (secondary N) is 1. The molecule has 2 amide bonds. The molecule has 7 heteroatoms. The zero-order chi connectivity index (χ0) is 20.0. The van der Waals surface area contributed by atoms with Crippen molar-refractivity contribution >= 4 is 12.0 Å². The lowest BCUT2D eigenvalue weighted by Crippen LogP contribution is -2.53. The molecule has 0 spiro atoms. The molecular weight excluding hydrogens is 346 g/mol. The zero-order valence-corrected chi connectivity index (χ0v) is 17.4. The van der Waals surface area contributed by atoms with Crippen LogP contribution in [-0.2, 0) is 9.53 Å². The van der Waals surface area contributed by atoms with Gasteiger partial charge in [0.15, 0.2) is 0 Å². The Morgan fingerprint density at radius 1 is 1.22 bits per heavy atom. The molecule has 2 aliphatic rings. The minimum Gasteiger partial charge on any atom is -0.480 e. The summed E-state index contributed by atoms with van der Waals surface area (Å²) in [5.74, 6) is -0.137. The molecular formula is C20H37N3O4. The van der Waals surface area contributed by atoms with Crippen molar-refractivity contribution in [3.63, 3.8) is 0 Å². The van der Waals surface area contributed by atoms with E-state index in [1.165, 1.54) is 19.3 Å². The molecule has 1 aliphatic heterocycles. The number of amides is 2. The summed E-state index contributed by atoms with van der Waals surface area (Å²) in [6, 6.07) is 0.240. The number of urea groups is 1. The maximum absolute atomic E-state index is 12.7. The molecule has 3 unspecified atom stereocenters. The smallest absolute Gasteiger partial charge is 0.317 e. The molecule has 2 rings (SSSR count). The first kappa shape index (κ1) is 22.0. The van der Waals surface area contributed by atoms with Crippen molar-refractivity contribution in [2.45, 2.75) is 65.0 Å². The van der Waals surface area contributed by atoms with Gasteiger partial charge in [-0.2, -0.15) is 0 Å². The van der Waals surface area contributed by atoms with Gasteiger partial charge in [0.25, 0.3) is 0 Å². The van der Waals surface area contributed by atoms with Crippen LogP contribution in [0, 0.1) is 11.3 Å². The molecule has 1 heterocycles. The van der Waals surface area contributed by atoms with Gasteiger partial charge >= 0.3 is 12.0 Å². The van der Waals surface area contributed by atoms with Gasteiger partial charge in [0.05, 0.1) is 19.3 Å². The Kier molecular flexibility index (Phi) is 7.91. The van der Waals surface area contributed by atoms with Crippen molar-refractivity contribution in [1.29, 1.82) is 0 Å². The third kappa shape index (κ3) is 7.30. The molecule has 27 heavy (non-hydrogen) atoms. The second-order valence-electron chi connectivity index (χ2n) is 9.25. The third-order valence-corrected chi connectivity index (χ3v) is 5.87. The lowest BCUT2D eigenvalue weighted by Gasteiger charge is -2.35. The summed E-state index contributed by atoms with van der Waals surface area (Å²) in [6.07, 6.45) is 5.52. The van der Waals surface area contributed by atoms with Gasteiger partial charge in [-0.25, -0.2) is 4.79 Å². The number of rotatable bonds is 5. The molecule has 7 nitrogen and oxygen atoms in total. The Hall–Kier alpha value is -1.34. The molecule has 1 aliphatic carbocycles. The zero-order valence-electron chi connectivity index (χ0n) is 17.4. The molecule has 156 valence electrons. The maximum Gasteiger partial charge on any atom is 0.317 e. The van der Waals surface area contributed by atoms with Crippen LogP contribution in [-0.4, -0.2) is 78.9 Å². The molecule has 0 aromatic rings. The normalized spacial score (nSPS) is 27.3. The van der Waals surface area contributed by atoms with E-state index in [0.717, 1.165) is 18.8 Å². The first-order valence-corrected chi connectivity index (χ1v) is 10.2. The highest BCUT2D eigenvalue weighted by molar-refractivity contribution is 5.74. The number of carboxylic acids is 1. The summed E-state index contributed by atoms with van der Waals surface area (Å²) >= 11 is 0. The summed E-state index contributed by atoms with van der Waals surface area (Å²) in [7, 11) is 1.76. The third-order valence-electron chi connectivity index (χ3n) is 5.87. The lowest BCUT2D eigenvalue weighted by atomic mass is 9.76. The van der Waals surface area contributed by atoms with Crippen LogP contribution in [0.15, 0.2) is 0 Å². The van der Waals surface area contributed by atoms with Gasteiger partial charge in [-0.1, -0.05) is 27.2 Å². The van der Waals surface area contributed by atoms with Crippen molar-refractivity contribution in [3.05, 3.63) is 0 Å². The van der Waals surface area contributed by atoms with Crippen molar-refractivity contribution < 1.29 is 19.4 Å². The Labute approximate surface area is 163 Å². The van der Waals surface area contributed by atoms with Gasteiger partial charge < -0.3 is 20.1 Å². The quantitative estimate of drug-likeness (QED) is 0.713. The van der Waals surface area contributed by atoms with E-state index in [1.807, 2.05) is 4.90 Å². The number of aliphatic carboxylic acids is 1. The number of carbonyl (C=O) groups is 2. The van der Waals surface area contributed by atoms with Crippen LogP contribution in [0.25, 0.3) is 0 Å². The van der Waals surface area contributed by atoms with Crippen LogP contribution in [0.4, 0.5) is 4.79 Å². The first-order valence-electron chi connectivity index (χ1n) is 10.2. The Morgan fingerprint density at radius 3 is 2.63 bits per heavy atom. The van der Waals surface area contributed by atoms with Crippen LogP contribution in [0.2, 0.25) is 0 Å². The van der Waals surface area contributed by atoms with E-state index in [1.54, 1.807) is 11.9 Å². The summed E-state index contributed by atoms with van der Waals surface area (Å²) in [5, 5.41) is 12.1. The standard InChI is InChI=1S/C20H37N3O4/c1-20(2,3)15-6-5-7-16(9-8-15)21-19(26)23-10-11-27-17(13-23)12-22(4)14-18(24)25/h15-17H,5-14H2,1-4H3,(H,21,26)(H,24,25). The molecule has 1 saturated carbocycles. The number of hydrogen-bond acceptors (Lipinski definition) is 4. The average Bonchev–Trinajstić information content (AvgIpc) is 2.79. The predicted octanol–water partition coefficient (Wildman–Crippen LogP) is 2.41. The fourth-order valence-corrected chi connectivity index (χ4v) is 4.24. The van der Waals surface area contributed by atoms with Gasteiger partial charge in [-0.15, -0.1) is 0 Å². The molecule has 0 aromatic heterocycles. The SMILES string of the molecule is CN(CC(=O)O)CC1CN(C(=O)NC2CCCC(C(C)(C)C)CC2)CCO1. The van der Waals surface area contributed by atoms with E-state index in [9.17, 15) is 9.59 Å². The largest absolute Gasteiger partial charge is 0.480 e. The van der Waals surface area contributed by atoms with Crippen molar-refractivity contribution in [3.8, 4) is 0 Å². The Bertz CT molecular complexity index is 506. The predicted molar refractivity (Wildman–Crippen MR) is 105 cm³/mol. The average molecular weight is 384 g/mol. The number of carbonyl (C=O) groups excluding carboxylic acids is 1. The summed E-state index contributed by atoms with van der Waals surface area (Å²) in [5.41, 5.74) is 0.332. The van der Waals surface area contributed by atoms with Gasteiger partial charge in [-0.3, -0.25) is 9.69 Å². The van der Waals surface area contributed by atoms with Gasteiger partial charge in [0, 0.05) is 25.7 Å². The summed E-state index contributed by atoms with van der Waals surface area (Å²) in [6.45, 7) is 9.00. The lowest BCUT2D eigenvalue weighted by molar-refractivity contribution is -0.138. The number of hydrogen-bond donors (Lipinski definition) is 2. The minimum atomic E-state index is -0.857. The second kappa shape index (κ2) is 9.73. The fraction of sp³-hybridized carbons (Fsp3) is 0.900. The topological polar surface area (TPSA) is 82.1 Å². The fourth-order valence-electron chi connectivity index (χ4n) is 4.24. The van der Waals surface area contributed by atoms with E-state index in [4.69, 9.17) is 9.84 Å². The molecule has 0 aromatic carbocycles. The van der Waals surface area contributed by atoms with E-state index < -0.39 is 5.97 Å². The number of carboxylic acid groups (broad SMARTS) is 1. The van der Waals surface area contributed by atoms with E-state index in [2.05, 4.69) is 26.1 Å². The summed E-state index contributed by atoms with van der Waals surface area (Å²) < 4.78 is 5.72.